The Morgan fingerprint density at radius 2 is 1.72 bits per heavy atom. The lowest BCUT2D eigenvalue weighted by atomic mass is 10.1. The summed E-state index contributed by atoms with van der Waals surface area (Å²) in [5.74, 6) is -1.42. The van der Waals surface area contributed by atoms with Gasteiger partial charge in [0.25, 0.3) is 5.56 Å². The van der Waals surface area contributed by atoms with Crippen LogP contribution in [-0.2, 0) is 20.8 Å². The first-order valence-electron chi connectivity index (χ1n) is 10.0. The molecule has 0 radical (unpaired) electrons. The van der Waals surface area contributed by atoms with Gasteiger partial charge in [-0.15, -0.1) is 11.3 Å². The zero-order valence-electron chi connectivity index (χ0n) is 18.2. The van der Waals surface area contributed by atoms with Crippen molar-refractivity contribution in [3.63, 3.8) is 0 Å². The summed E-state index contributed by atoms with van der Waals surface area (Å²) >= 11 is 0.928. The molecule has 0 aliphatic heterocycles. The van der Waals surface area contributed by atoms with E-state index in [0.717, 1.165) is 11.3 Å². The molecule has 3 aromatic rings. The number of carbonyl (C=O) groups excluding carboxylic acids is 3. The van der Waals surface area contributed by atoms with E-state index in [-0.39, 0.29) is 40.8 Å². The van der Waals surface area contributed by atoms with E-state index in [2.05, 4.69) is 10.3 Å². The maximum atomic E-state index is 12.8. The number of benzene rings is 1. The molecule has 0 aliphatic rings. The van der Waals surface area contributed by atoms with E-state index in [0.29, 0.717) is 22.3 Å². The molecule has 10 heteroatoms. The van der Waals surface area contributed by atoms with Gasteiger partial charge in [0, 0.05) is 0 Å². The van der Waals surface area contributed by atoms with Gasteiger partial charge in [-0.3, -0.25) is 14.2 Å². The van der Waals surface area contributed by atoms with Crippen molar-refractivity contribution in [3.05, 3.63) is 56.4 Å². The fraction of sp³-hybridized carbons (Fsp3) is 0.318. The van der Waals surface area contributed by atoms with Crippen molar-refractivity contribution in [1.29, 1.82) is 0 Å². The third-order valence-corrected chi connectivity index (χ3v) is 5.88. The normalized spacial score (nSPS) is 10.8. The molecule has 9 nitrogen and oxygen atoms in total. The van der Waals surface area contributed by atoms with Gasteiger partial charge in [0.05, 0.1) is 29.7 Å². The number of hydrogen-bond acceptors (Lipinski definition) is 8. The SMILES string of the molecule is CCOC(=O)c1sc(NC(=O)Cn2c(C)nc3ccccc3c2=O)c(C(=O)OCC)c1C. The van der Waals surface area contributed by atoms with Crippen molar-refractivity contribution in [1.82, 2.24) is 9.55 Å². The van der Waals surface area contributed by atoms with Crippen molar-refractivity contribution < 1.29 is 23.9 Å². The number of hydrogen-bond donors (Lipinski definition) is 1. The van der Waals surface area contributed by atoms with E-state index in [4.69, 9.17) is 9.47 Å². The second-order valence-electron chi connectivity index (χ2n) is 6.82. The molecule has 0 bridgehead atoms. The molecular weight excluding hydrogens is 434 g/mol. The van der Waals surface area contributed by atoms with Crippen LogP contribution in [0.1, 0.15) is 45.3 Å². The zero-order chi connectivity index (χ0) is 23.4. The summed E-state index contributed by atoms with van der Waals surface area (Å²) in [5, 5.41) is 3.20. The molecule has 0 fully saturated rings. The zero-order valence-corrected chi connectivity index (χ0v) is 19.0. The largest absolute Gasteiger partial charge is 0.462 e. The fourth-order valence-electron chi connectivity index (χ4n) is 3.22. The van der Waals surface area contributed by atoms with Gasteiger partial charge in [-0.05, 0) is 45.4 Å². The number of thiophene rings is 1. The molecule has 0 aliphatic carbocycles. The quantitative estimate of drug-likeness (QED) is 0.542. The number of ether oxygens (including phenoxy) is 2. The third-order valence-electron chi connectivity index (χ3n) is 4.69. The van der Waals surface area contributed by atoms with Crippen molar-refractivity contribution in [2.45, 2.75) is 34.2 Å². The van der Waals surface area contributed by atoms with Crippen LogP contribution in [0, 0.1) is 13.8 Å². The maximum Gasteiger partial charge on any atom is 0.348 e. The fourth-order valence-corrected chi connectivity index (χ4v) is 4.32. The van der Waals surface area contributed by atoms with Crippen molar-refractivity contribution in [2.24, 2.45) is 0 Å². The lowest BCUT2D eigenvalue weighted by Gasteiger charge is -2.11. The van der Waals surface area contributed by atoms with Crippen LogP contribution in [0.4, 0.5) is 5.00 Å². The first kappa shape index (κ1) is 23.1. The maximum absolute atomic E-state index is 12.8. The molecule has 0 atom stereocenters. The lowest BCUT2D eigenvalue weighted by molar-refractivity contribution is -0.116. The van der Waals surface area contributed by atoms with Crippen molar-refractivity contribution in [3.8, 4) is 0 Å². The molecule has 168 valence electrons. The van der Waals surface area contributed by atoms with Crippen molar-refractivity contribution >= 4 is 45.1 Å². The van der Waals surface area contributed by atoms with E-state index in [1.165, 1.54) is 4.57 Å². The van der Waals surface area contributed by atoms with Crippen LogP contribution in [0.5, 0.6) is 0 Å². The molecule has 0 saturated heterocycles. The molecule has 1 aromatic carbocycles. The number of esters is 2. The summed E-state index contributed by atoms with van der Waals surface area (Å²) in [6, 6.07) is 6.88. The third kappa shape index (κ3) is 4.54. The molecular formula is C22H23N3O6S. The topological polar surface area (TPSA) is 117 Å². The number of carbonyl (C=O) groups is 3. The van der Waals surface area contributed by atoms with Crippen LogP contribution < -0.4 is 10.9 Å². The molecule has 0 saturated carbocycles. The van der Waals surface area contributed by atoms with Crippen LogP contribution in [0.3, 0.4) is 0 Å². The average Bonchev–Trinajstić information content (AvgIpc) is 3.07. The van der Waals surface area contributed by atoms with Crippen LogP contribution in [0.15, 0.2) is 29.1 Å². The smallest absolute Gasteiger partial charge is 0.348 e. The molecule has 32 heavy (non-hydrogen) atoms. The highest BCUT2D eigenvalue weighted by Crippen LogP contribution is 2.34. The molecule has 2 heterocycles. The van der Waals surface area contributed by atoms with E-state index >= 15 is 0 Å². The highest BCUT2D eigenvalue weighted by molar-refractivity contribution is 7.18. The Morgan fingerprint density at radius 3 is 2.41 bits per heavy atom. The Hall–Kier alpha value is -3.53. The summed E-state index contributed by atoms with van der Waals surface area (Å²) in [7, 11) is 0. The number of para-hydroxylation sites is 1. The van der Waals surface area contributed by atoms with E-state index < -0.39 is 17.8 Å². The summed E-state index contributed by atoms with van der Waals surface area (Å²) < 4.78 is 11.4. The van der Waals surface area contributed by atoms with Gasteiger partial charge in [0.2, 0.25) is 5.91 Å². The second-order valence-corrected chi connectivity index (χ2v) is 7.84. The van der Waals surface area contributed by atoms with Crippen LogP contribution in [0.25, 0.3) is 10.9 Å². The average molecular weight is 458 g/mol. The summed E-state index contributed by atoms with van der Waals surface area (Å²) in [4.78, 5) is 55.0. The Kier molecular flexibility index (Phi) is 7.04. The Morgan fingerprint density at radius 1 is 1.06 bits per heavy atom. The number of nitrogens with one attached hydrogen (secondary N) is 1. The van der Waals surface area contributed by atoms with E-state index in [1.807, 2.05) is 0 Å². The van der Waals surface area contributed by atoms with Gasteiger partial charge in [0.1, 0.15) is 22.2 Å². The van der Waals surface area contributed by atoms with Crippen LogP contribution in [0.2, 0.25) is 0 Å². The minimum atomic E-state index is -0.659. The first-order chi connectivity index (χ1) is 15.3. The molecule has 2 aromatic heterocycles. The van der Waals surface area contributed by atoms with Gasteiger partial charge < -0.3 is 14.8 Å². The minimum Gasteiger partial charge on any atom is -0.462 e. The Bertz CT molecular complexity index is 1260. The first-order valence-corrected chi connectivity index (χ1v) is 10.8. The standard InChI is InChI=1S/C22H23N3O6S/c1-5-30-21(28)17-12(3)18(22(29)31-6-2)32-19(17)24-16(26)11-25-13(4)23-15-10-8-7-9-14(15)20(25)27/h7-10H,5-6,11H2,1-4H3,(H,24,26). The highest BCUT2D eigenvalue weighted by Gasteiger charge is 2.27. The number of rotatable bonds is 7. The molecule has 0 unspecified atom stereocenters. The van der Waals surface area contributed by atoms with E-state index in [1.54, 1.807) is 52.0 Å². The summed E-state index contributed by atoms with van der Waals surface area (Å²) in [6.45, 7) is 6.55. The highest BCUT2D eigenvalue weighted by atomic mass is 32.1. The van der Waals surface area contributed by atoms with Crippen molar-refractivity contribution in [2.75, 3.05) is 18.5 Å². The van der Waals surface area contributed by atoms with Gasteiger partial charge in [-0.1, -0.05) is 12.1 Å². The Labute approximate surface area is 188 Å². The van der Waals surface area contributed by atoms with Gasteiger partial charge in [-0.2, -0.15) is 0 Å². The van der Waals surface area contributed by atoms with Crippen LogP contribution >= 0.6 is 11.3 Å². The minimum absolute atomic E-state index is 0.0916. The molecule has 0 spiro atoms. The number of nitrogens with zero attached hydrogens (tertiary/aromatic N) is 2. The number of aryl methyl sites for hydroxylation is 1. The monoisotopic (exact) mass is 457 g/mol. The number of amides is 1. The predicted molar refractivity (Wildman–Crippen MR) is 120 cm³/mol. The lowest BCUT2D eigenvalue weighted by Crippen LogP contribution is -2.30. The van der Waals surface area contributed by atoms with Gasteiger partial charge in [-0.25, -0.2) is 14.6 Å². The predicted octanol–water partition coefficient (Wildman–Crippen LogP) is 3.07. The van der Waals surface area contributed by atoms with Gasteiger partial charge in [0.15, 0.2) is 0 Å². The molecule has 1 amide bonds. The number of fused-ring (bicyclic) bond motifs is 1. The van der Waals surface area contributed by atoms with Crippen LogP contribution in [-0.4, -0.2) is 40.6 Å². The second kappa shape index (κ2) is 9.73. The molecule has 3 rings (SSSR count). The van der Waals surface area contributed by atoms with E-state index in [9.17, 15) is 19.2 Å². The summed E-state index contributed by atoms with van der Waals surface area (Å²) in [6.07, 6.45) is 0. The number of aromatic nitrogens is 2. The Balaban J connectivity index is 1.94. The number of anilines is 1. The summed E-state index contributed by atoms with van der Waals surface area (Å²) in [5.41, 5.74) is 0.657. The molecule has 1 N–H and O–H groups in total. The van der Waals surface area contributed by atoms with Gasteiger partial charge >= 0.3 is 11.9 Å².